The molecule has 1 atom stereocenters. The van der Waals surface area contributed by atoms with E-state index in [1.54, 1.807) is 6.20 Å². The molecule has 134 valence electrons. The fourth-order valence-corrected chi connectivity index (χ4v) is 4.01. The Morgan fingerprint density at radius 2 is 2.08 bits per heavy atom. The lowest BCUT2D eigenvalue weighted by Gasteiger charge is -2.31. The molecule has 3 N–H and O–H groups in total. The Morgan fingerprint density at radius 1 is 1.19 bits per heavy atom. The molecule has 3 heterocycles. The predicted molar refractivity (Wildman–Crippen MR) is 106 cm³/mol. The number of anilines is 1. The van der Waals surface area contributed by atoms with Crippen molar-refractivity contribution in [3.8, 4) is 0 Å². The molecule has 0 unspecified atom stereocenters. The third kappa shape index (κ3) is 3.19. The molecule has 6 heteroatoms. The summed E-state index contributed by atoms with van der Waals surface area (Å²) in [7, 11) is 0. The molecule has 0 saturated carbocycles. The van der Waals surface area contributed by atoms with E-state index >= 15 is 0 Å². The standard InChI is InChI=1S/C20H22N4OS/c25-20-19-17(9-11-22-19)24(18(13-26)23-20)12-14-6-3-4-7-15(14)16-8-2-1-5-10-21-16/h3-4,6-7,9,11,16,21-22H,1-2,5,8,10,12H2,(H,23,25)/t16-/m0/s1. The number of aromatic amines is 1. The van der Waals surface area contributed by atoms with Gasteiger partial charge in [-0.25, -0.2) is 0 Å². The summed E-state index contributed by atoms with van der Waals surface area (Å²) in [6, 6.07) is 10.8. The summed E-state index contributed by atoms with van der Waals surface area (Å²) < 4.78 is 0. The molecule has 5 nitrogen and oxygen atoms in total. The van der Waals surface area contributed by atoms with Crippen LogP contribution in [0.3, 0.4) is 0 Å². The Hall–Kier alpha value is -2.40. The van der Waals surface area contributed by atoms with Crippen molar-refractivity contribution in [3.63, 3.8) is 0 Å². The average molecular weight is 366 g/mol. The highest BCUT2D eigenvalue weighted by Gasteiger charge is 2.29. The topological polar surface area (TPSA) is 60.2 Å². The molecule has 0 aliphatic carbocycles. The van der Waals surface area contributed by atoms with Gasteiger partial charge >= 0.3 is 0 Å². The maximum atomic E-state index is 12.2. The third-order valence-electron chi connectivity index (χ3n) is 5.16. The summed E-state index contributed by atoms with van der Waals surface area (Å²) in [5.41, 5.74) is 3.96. The first kappa shape index (κ1) is 17.0. The van der Waals surface area contributed by atoms with Gasteiger partial charge in [-0.15, -0.1) is 0 Å². The molecule has 1 fully saturated rings. The highest BCUT2D eigenvalue weighted by molar-refractivity contribution is 7.78. The summed E-state index contributed by atoms with van der Waals surface area (Å²) in [6.45, 7) is 1.70. The molecule has 2 aliphatic heterocycles. The number of rotatable bonds is 3. The van der Waals surface area contributed by atoms with Crippen LogP contribution in [0.5, 0.6) is 0 Å². The first-order valence-electron chi connectivity index (χ1n) is 9.10. The third-order valence-corrected chi connectivity index (χ3v) is 5.35. The van der Waals surface area contributed by atoms with Crippen LogP contribution in [0.4, 0.5) is 5.69 Å². The normalized spacial score (nSPS) is 20.2. The second-order valence-corrected chi connectivity index (χ2v) is 6.99. The maximum Gasteiger partial charge on any atom is 0.275 e. The molecule has 1 aromatic carbocycles. The molecule has 4 rings (SSSR count). The molecule has 1 aromatic heterocycles. The van der Waals surface area contributed by atoms with Crippen LogP contribution in [0.25, 0.3) is 0 Å². The van der Waals surface area contributed by atoms with Gasteiger partial charge in [0.25, 0.3) is 5.91 Å². The van der Waals surface area contributed by atoms with Crippen molar-refractivity contribution < 1.29 is 4.79 Å². The number of carbonyl (C=O) groups excluding carboxylic acids is 1. The molecule has 2 aliphatic rings. The van der Waals surface area contributed by atoms with Crippen molar-refractivity contribution in [2.75, 3.05) is 11.4 Å². The van der Waals surface area contributed by atoms with Gasteiger partial charge in [0, 0.05) is 12.2 Å². The Bertz CT molecular complexity index is 860. The van der Waals surface area contributed by atoms with E-state index in [-0.39, 0.29) is 5.91 Å². The van der Waals surface area contributed by atoms with Gasteiger partial charge in [0.15, 0.2) is 5.82 Å². The number of aromatic nitrogens is 1. The summed E-state index contributed by atoms with van der Waals surface area (Å²) in [6.07, 6.45) is 6.70. The van der Waals surface area contributed by atoms with Crippen LogP contribution in [-0.4, -0.2) is 22.5 Å². The fourth-order valence-electron chi connectivity index (χ4n) is 3.85. The SMILES string of the molecule is O=C1NC(=C=S)N(Cc2ccccc2[C@@H]2CCCCCN2)c2cc[nH]c21. The number of fused-ring (bicyclic) bond motifs is 1. The zero-order valence-electron chi connectivity index (χ0n) is 14.5. The van der Waals surface area contributed by atoms with Gasteiger partial charge in [-0.3, -0.25) is 10.1 Å². The number of hydrogen-bond donors (Lipinski definition) is 3. The average Bonchev–Trinajstić information content (AvgIpc) is 3.01. The highest BCUT2D eigenvalue weighted by Crippen LogP contribution is 2.31. The van der Waals surface area contributed by atoms with Gasteiger partial charge < -0.3 is 15.2 Å². The number of benzene rings is 1. The quantitative estimate of drug-likeness (QED) is 0.729. The van der Waals surface area contributed by atoms with E-state index in [0.29, 0.717) is 24.1 Å². The molecular weight excluding hydrogens is 344 g/mol. The van der Waals surface area contributed by atoms with Crippen molar-refractivity contribution in [2.24, 2.45) is 0 Å². The van der Waals surface area contributed by atoms with E-state index in [4.69, 9.17) is 12.2 Å². The first-order valence-corrected chi connectivity index (χ1v) is 9.51. The largest absolute Gasteiger partial charge is 0.355 e. The van der Waals surface area contributed by atoms with Crippen LogP contribution in [0.2, 0.25) is 0 Å². The van der Waals surface area contributed by atoms with E-state index in [1.807, 2.05) is 11.0 Å². The van der Waals surface area contributed by atoms with Crippen LogP contribution >= 0.6 is 12.2 Å². The van der Waals surface area contributed by atoms with Crippen LogP contribution < -0.4 is 15.5 Å². The number of nitrogens with one attached hydrogen (secondary N) is 3. The minimum atomic E-state index is -0.174. The Kier molecular flexibility index (Phi) is 4.89. The molecule has 0 bridgehead atoms. The first-order chi connectivity index (χ1) is 12.8. The zero-order chi connectivity index (χ0) is 17.9. The smallest absolute Gasteiger partial charge is 0.275 e. The van der Waals surface area contributed by atoms with Crippen molar-refractivity contribution in [3.05, 3.63) is 59.2 Å². The Morgan fingerprint density at radius 3 is 2.96 bits per heavy atom. The summed E-state index contributed by atoms with van der Waals surface area (Å²) in [5.74, 6) is 0.355. The molecular formula is C20H22N4OS. The summed E-state index contributed by atoms with van der Waals surface area (Å²) in [4.78, 5) is 17.2. The van der Waals surface area contributed by atoms with Gasteiger partial charge in [0.1, 0.15) is 5.69 Å². The van der Waals surface area contributed by atoms with Gasteiger partial charge in [0.2, 0.25) is 0 Å². The van der Waals surface area contributed by atoms with Crippen LogP contribution in [0, 0.1) is 0 Å². The van der Waals surface area contributed by atoms with Crippen molar-refractivity contribution >= 4 is 28.8 Å². The molecule has 1 saturated heterocycles. The number of H-pyrrole nitrogens is 1. The van der Waals surface area contributed by atoms with Crippen LogP contribution in [0.15, 0.2) is 42.3 Å². The van der Waals surface area contributed by atoms with E-state index in [0.717, 1.165) is 18.7 Å². The molecule has 26 heavy (non-hydrogen) atoms. The summed E-state index contributed by atoms with van der Waals surface area (Å²) in [5, 5.41) is 9.22. The molecule has 1 amide bonds. The van der Waals surface area contributed by atoms with Gasteiger partial charge in [-0.05, 0) is 53.8 Å². The maximum absolute atomic E-state index is 12.2. The Labute approximate surface area is 158 Å². The minimum absolute atomic E-state index is 0.174. The zero-order valence-corrected chi connectivity index (χ0v) is 15.4. The van der Waals surface area contributed by atoms with Gasteiger partial charge in [-0.2, -0.15) is 0 Å². The van der Waals surface area contributed by atoms with Crippen molar-refractivity contribution in [1.82, 2.24) is 15.6 Å². The van der Waals surface area contributed by atoms with E-state index in [1.165, 1.54) is 30.4 Å². The second-order valence-electron chi connectivity index (χ2n) is 6.78. The van der Waals surface area contributed by atoms with E-state index < -0.39 is 0 Å². The van der Waals surface area contributed by atoms with Gasteiger partial charge in [-0.1, -0.05) is 37.1 Å². The molecule has 0 radical (unpaired) electrons. The van der Waals surface area contributed by atoms with Crippen LogP contribution in [0.1, 0.15) is 53.3 Å². The summed E-state index contributed by atoms with van der Waals surface area (Å²) >= 11 is 5.03. The molecule has 2 aromatic rings. The van der Waals surface area contributed by atoms with E-state index in [9.17, 15) is 4.79 Å². The number of amides is 1. The van der Waals surface area contributed by atoms with Crippen molar-refractivity contribution in [2.45, 2.75) is 38.3 Å². The highest BCUT2D eigenvalue weighted by atomic mass is 32.1. The minimum Gasteiger partial charge on any atom is -0.355 e. The van der Waals surface area contributed by atoms with Crippen LogP contribution in [-0.2, 0) is 6.54 Å². The number of thiocarbonyl (C=S) groups is 1. The fraction of sp³-hybridized carbons (Fsp3) is 0.350. The second kappa shape index (κ2) is 7.46. The number of nitrogens with zero attached hydrogens (tertiary/aromatic N) is 1. The lowest BCUT2D eigenvalue weighted by molar-refractivity contribution is 0.0957. The van der Waals surface area contributed by atoms with Crippen molar-refractivity contribution in [1.29, 1.82) is 0 Å². The van der Waals surface area contributed by atoms with Gasteiger partial charge in [0.05, 0.1) is 12.2 Å². The molecule has 0 spiro atoms. The number of hydrogen-bond acceptors (Lipinski definition) is 4. The monoisotopic (exact) mass is 366 g/mol. The lowest BCUT2D eigenvalue weighted by atomic mass is 9.96. The Balaban J connectivity index is 1.68. The van der Waals surface area contributed by atoms with E-state index in [2.05, 4.69) is 44.9 Å². The lowest BCUT2D eigenvalue weighted by Crippen LogP contribution is -2.41. The predicted octanol–water partition coefficient (Wildman–Crippen LogP) is 3.41. The number of carbonyl (C=O) groups is 1.